The van der Waals surface area contributed by atoms with Gasteiger partial charge in [-0.3, -0.25) is 9.59 Å². The molecule has 150 valence electrons. The van der Waals surface area contributed by atoms with E-state index in [2.05, 4.69) is 0 Å². The van der Waals surface area contributed by atoms with Crippen molar-refractivity contribution >= 4 is 26.9 Å². The van der Waals surface area contributed by atoms with E-state index in [1.807, 2.05) is 0 Å². The topological polar surface area (TPSA) is 120 Å². The first-order chi connectivity index (χ1) is 13.7. The predicted molar refractivity (Wildman–Crippen MR) is 106 cm³/mol. The monoisotopic (exact) mass is 415 g/mol. The van der Waals surface area contributed by atoms with Gasteiger partial charge in [0.05, 0.1) is 17.0 Å². The van der Waals surface area contributed by atoms with Crippen LogP contribution in [0.5, 0.6) is 5.75 Å². The van der Waals surface area contributed by atoms with Crippen LogP contribution in [0.1, 0.15) is 22.8 Å². The first kappa shape index (κ1) is 20.3. The molecule has 3 rings (SSSR count). The molecule has 0 aliphatic heterocycles. The highest BCUT2D eigenvalue weighted by molar-refractivity contribution is 7.90. The number of carbonyl (C=O) groups excluding carboxylic acids is 1. The summed E-state index contributed by atoms with van der Waals surface area (Å²) < 4.78 is 31.5. The lowest BCUT2D eigenvalue weighted by Crippen LogP contribution is -2.38. The van der Waals surface area contributed by atoms with Gasteiger partial charge in [-0.2, -0.15) is 3.97 Å². The van der Waals surface area contributed by atoms with Crippen LogP contribution >= 0.6 is 0 Å². The third kappa shape index (κ3) is 3.40. The number of hydrogen-bond donors (Lipinski definition) is 1. The molecule has 0 unspecified atom stereocenters. The zero-order chi connectivity index (χ0) is 21.3. The molecule has 0 fully saturated rings. The number of para-hydroxylation sites is 1. The molecule has 0 saturated carbocycles. The van der Waals surface area contributed by atoms with Crippen molar-refractivity contribution in [3.8, 4) is 5.75 Å². The summed E-state index contributed by atoms with van der Waals surface area (Å²) in [5.74, 6) is -2.04. The SMILES string of the molecule is CCOC(=O)c1c(O)c2ccccc2n(S(=O)(=O)c2ccc(C)cc2)c(=O)c1=O. The summed E-state index contributed by atoms with van der Waals surface area (Å²) >= 11 is 0. The first-order valence-electron chi connectivity index (χ1n) is 8.60. The number of esters is 1. The van der Waals surface area contributed by atoms with Gasteiger partial charge in [0.2, 0.25) is 0 Å². The molecular weight excluding hydrogens is 398 g/mol. The second-order valence-electron chi connectivity index (χ2n) is 6.18. The number of fused-ring (bicyclic) bond motifs is 1. The Hall–Kier alpha value is -3.46. The Bertz CT molecular complexity index is 1340. The summed E-state index contributed by atoms with van der Waals surface area (Å²) in [6.45, 7) is 3.14. The smallest absolute Gasteiger partial charge is 0.346 e. The summed E-state index contributed by atoms with van der Waals surface area (Å²) in [5, 5.41) is 10.4. The number of ether oxygens (including phenoxy) is 1. The van der Waals surface area contributed by atoms with Gasteiger partial charge in [-0.25, -0.2) is 13.2 Å². The van der Waals surface area contributed by atoms with Crippen molar-refractivity contribution in [3.63, 3.8) is 0 Å². The number of nitrogens with zero attached hydrogens (tertiary/aromatic N) is 1. The van der Waals surface area contributed by atoms with Gasteiger partial charge in [-0.1, -0.05) is 29.8 Å². The molecule has 3 aromatic rings. The normalized spacial score (nSPS) is 11.4. The molecule has 29 heavy (non-hydrogen) atoms. The first-order valence-corrected chi connectivity index (χ1v) is 10.0. The van der Waals surface area contributed by atoms with Crippen LogP contribution in [-0.4, -0.2) is 30.1 Å². The molecule has 1 N–H and O–H groups in total. The van der Waals surface area contributed by atoms with Crippen molar-refractivity contribution in [2.45, 2.75) is 18.7 Å². The largest absolute Gasteiger partial charge is 0.506 e. The van der Waals surface area contributed by atoms with E-state index in [1.165, 1.54) is 43.3 Å². The van der Waals surface area contributed by atoms with Crippen molar-refractivity contribution in [3.05, 3.63) is 80.2 Å². The van der Waals surface area contributed by atoms with E-state index in [4.69, 9.17) is 4.74 Å². The fourth-order valence-electron chi connectivity index (χ4n) is 2.85. The Morgan fingerprint density at radius 2 is 1.69 bits per heavy atom. The van der Waals surface area contributed by atoms with Crippen molar-refractivity contribution in [1.29, 1.82) is 0 Å². The minimum Gasteiger partial charge on any atom is -0.506 e. The predicted octanol–water partition coefficient (Wildman–Crippen LogP) is 1.79. The van der Waals surface area contributed by atoms with Gasteiger partial charge in [0, 0.05) is 5.39 Å². The highest BCUT2D eigenvalue weighted by Gasteiger charge is 2.27. The molecule has 0 spiro atoms. The average molecular weight is 415 g/mol. The quantitative estimate of drug-likeness (QED) is 0.509. The molecule has 1 aromatic heterocycles. The van der Waals surface area contributed by atoms with Gasteiger partial charge in [-0.15, -0.1) is 0 Å². The molecule has 0 amide bonds. The minimum absolute atomic E-state index is 0.107. The highest BCUT2D eigenvalue weighted by atomic mass is 32.2. The number of aryl methyl sites for hydroxylation is 1. The van der Waals surface area contributed by atoms with Crippen LogP contribution in [0.4, 0.5) is 0 Å². The van der Waals surface area contributed by atoms with E-state index in [0.29, 0.717) is 3.97 Å². The molecule has 2 aromatic carbocycles. The van der Waals surface area contributed by atoms with Crippen LogP contribution in [0, 0.1) is 6.92 Å². The van der Waals surface area contributed by atoms with Crippen LogP contribution in [0.15, 0.2) is 63.0 Å². The summed E-state index contributed by atoms with van der Waals surface area (Å²) in [6.07, 6.45) is 0. The van der Waals surface area contributed by atoms with E-state index in [1.54, 1.807) is 19.1 Å². The number of hydrogen-bond acceptors (Lipinski definition) is 7. The van der Waals surface area contributed by atoms with Gasteiger partial charge >= 0.3 is 11.5 Å². The van der Waals surface area contributed by atoms with Crippen LogP contribution in [0.3, 0.4) is 0 Å². The third-order valence-corrected chi connectivity index (χ3v) is 5.97. The molecular formula is C20H17NO7S. The summed E-state index contributed by atoms with van der Waals surface area (Å²) in [7, 11) is -4.51. The zero-order valence-corrected chi connectivity index (χ0v) is 16.4. The second-order valence-corrected chi connectivity index (χ2v) is 7.96. The third-order valence-electron chi connectivity index (χ3n) is 4.26. The Balaban J connectivity index is 2.54. The average Bonchev–Trinajstić information content (AvgIpc) is 2.76. The van der Waals surface area contributed by atoms with Crippen LogP contribution in [0.25, 0.3) is 10.9 Å². The Morgan fingerprint density at radius 3 is 2.31 bits per heavy atom. The van der Waals surface area contributed by atoms with Gasteiger partial charge in [0.1, 0.15) is 5.75 Å². The van der Waals surface area contributed by atoms with E-state index >= 15 is 0 Å². The summed E-state index contributed by atoms with van der Waals surface area (Å²) in [5.41, 5.74) is -3.33. The molecule has 8 nitrogen and oxygen atoms in total. The second kappa shape index (κ2) is 7.51. The molecule has 0 atom stereocenters. The van der Waals surface area contributed by atoms with E-state index in [9.17, 15) is 27.9 Å². The maximum Gasteiger partial charge on any atom is 0.346 e. The number of benzene rings is 2. The van der Waals surface area contributed by atoms with Crippen molar-refractivity contribution in [2.75, 3.05) is 6.61 Å². The lowest BCUT2D eigenvalue weighted by Gasteiger charge is -2.09. The van der Waals surface area contributed by atoms with Crippen LogP contribution in [-0.2, 0) is 14.8 Å². The lowest BCUT2D eigenvalue weighted by molar-refractivity contribution is 0.0521. The Morgan fingerprint density at radius 1 is 1.07 bits per heavy atom. The standard InChI is InChI=1S/C20H17NO7S/c1-3-28-20(25)16-17(22)14-6-4-5-7-15(14)21(19(24)18(16)23)29(26,27)13-10-8-12(2)9-11-13/h4-11,22H,3H2,1-2H3. The fraction of sp³-hybridized carbons (Fsp3) is 0.150. The van der Waals surface area contributed by atoms with Crippen molar-refractivity contribution < 1.29 is 23.1 Å². The molecule has 9 heteroatoms. The number of aromatic nitrogens is 1. The minimum atomic E-state index is -4.51. The maximum atomic E-state index is 13.2. The van der Waals surface area contributed by atoms with Crippen molar-refractivity contribution in [1.82, 2.24) is 3.97 Å². The van der Waals surface area contributed by atoms with Crippen LogP contribution < -0.4 is 11.0 Å². The summed E-state index contributed by atoms with van der Waals surface area (Å²) in [6, 6.07) is 11.2. The molecule has 0 bridgehead atoms. The molecule has 0 radical (unpaired) electrons. The highest BCUT2D eigenvalue weighted by Crippen LogP contribution is 2.27. The zero-order valence-electron chi connectivity index (χ0n) is 15.6. The summed E-state index contributed by atoms with van der Waals surface area (Å²) in [4.78, 5) is 37.6. The Labute approximate surface area is 165 Å². The number of carbonyl (C=O) groups is 1. The fourth-order valence-corrected chi connectivity index (χ4v) is 4.26. The lowest BCUT2D eigenvalue weighted by atomic mass is 10.1. The van der Waals surface area contributed by atoms with Gasteiger partial charge in [-0.05, 0) is 38.1 Å². The molecule has 0 aliphatic rings. The van der Waals surface area contributed by atoms with E-state index in [-0.39, 0.29) is 22.4 Å². The van der Waals surface area contributed by atoms with Crippen molar-refractivity contribution in [2.24, 2.45) is 0 Å². The van der Waals surface area contributed by atoms with Gasteiger partial charge < -0.3 is 9.84 Å². The molecule has 1 heterocycles. The van der Waals surface area contributed by atoms with Gasteiger partial charge in [0.25, 0.3) is 15.5 Å². The Kier molecular flexibility index (Phi) is 5.25. The molecule has 0 saturated heterocycles. The van der Waals surface area contributed by atoms with Crippen LogP contribution in [0.2, 0.25) is 0 Å². The van der Waals surface area contributed by atoms with Gasteiger partial charge in [0.15, 0.2) is 5.56 Å². The number of aromatic hydroxyl groups is 1. The van der Waals surface area contributed by atoms with E-state index in [0.717, 1.165) is 5.56 Å². The van der Waals surface area contributed by atoms with E-state index < -0.39 is 38.3 Å². The molecule has 0 aliphatic carbocycles. The number of rotatable bonds is 4. The maximum absolute atomic E-state index is 13.2.